The average molecular weight is 343 g/mol. The molecule has 1 amide bonds. The zero-order chi connectivity index (χ0) is 16.2. The second kappa shape index (κ2) is 7.11. The molecule has 0 unspecified atom stereocenters. The van der Waals surface area contributed by atoms with Crippen LogP contribution >= 0.6 is 23.5 Å². The number of amides is 1. The highest BCUT2D eigenvalue weighted by atomic mass is 32.2. The summed E-state index contributed by atoms with van der Waals surface area (Å²) in [5.74, 6) is -0.356. The number of carbonyl (C=O) groups excluding carboxylic acids is 1. The molecule has 0 spiro atoms. The van der Waals surface area contributed by atoms with Crippen molar-refractivity contribution in [3.8, 4) is 0 Å². The Morgan fingerprint density at radius 1 is 1.05 bits per heavy atom. The van der Waals surface area contributed by atoms with Crippen LogP contribution in [-0.2, 0) is 0 Å². The normalized spacial score (nSPS) is 11.3. The van der Waals surface area contributed by atoms with E-state index in [4.69, 9.17) is 0 Å². The summed E-state index contributed by atoms with van der Waals surface area (Å²) in [5.41, 5.74) is -3.35. The summed E-state index contributed by atoms with van der Waals surface area (Å²) in [4.78, 5) is 13.1. The predicted octanol–water partition coefficient (Wildman–Crippen LogP) is 5.27. The molecule has 2 nitrogen and oxygen atoms in total. The molecule has 0 radical (unpaired) electrons. The van der Waals surface area contributed by atoms with Gasteiger partial charge in [-0.25, -0.2) is 0 Å². The molecule has 0 saturated heterocycles. The maximum atomic E-state index is 12.3. The molecule has 0 aliphatic heterocycles. The number of carbonyl (C=O) groups is 1. The van der Waals surface area contributed by atoms with Gasteiger partial charge in [0.2, 0.25) is 0 Å². The van der Waals surface area contributed by atoms with E-state index in [1.165, 1.54) is 36.0 Å². The maximum absolute atomic E-state index is 12.3. The summed E-state index contributed by atoms with van der Waals surface area (Å²) in [6, 6.07) is 12.7. The first-order valence-electron chi connectivity index (χ1n) is 6.19. The van der Waals surface area contributed by atoms with E-state index in [1.54, 1.807) is 12.1 Å². The van der Waals surface area contributed by atoms with Gasteiger partial charge in [-0.05, 0) is 54.4 Å². The van der Waals surface area contributed by atoms with E-state index in [-0.39, 0.29) is 22.6 Å². The van der Waals surface area contributed by atoms with E-state index in [1.807, 2.05) is 18.4 Å². The lowest BCUT2D eigenvalue weighted by Crippen LogP contribution is -2.12. The van der Waals surface area contributed by atoms with Crippen LogP contribution in [0.1, 0.15) is 10.4 Å². The van der Waals surface area contributed by atoms with Gasteiger partial charge in [-0.15, -0.1) is 11.8 Å². The summed E-state index contributed by atoms with van der Waals surface area (Å²) in [7, 11) is 0. The molecular formula is C15H12F3NOS2. The third kappa shape index (κ3) is 4.71. The minimum Gasteiger partial charge on any atom is -0.321 e. The monoisotopic (exact) mass is 343 g/mol. The molecule has 22 heavy (non-hydrogen) atoms. The van der Waals surface area contributed by atoms with Crippen LogP contribution in [0, 0.1) is 0 Å². The van der Waals surface area contributed by atoms with Crippen molar-refractivity contribution in [3.63, 3.8) is 0 Å². The summed E-state index contributed by atoms with van der Waals surface area (Å²) < 4.78 is 36.8. The predicted molar refractivity (Wildman–Crippen MR) is 84.5 cm³/mol. The van der Waals surface area contributed by atoms with Crippen LogP contribution in [0.15, 0.2) is 58.3 Å². The molecular weight excluding hydrogens is 331 g/mol. The number of para-hydroxylation sites is 1. The van der Waals surface area contributed by atoms with Crippen LogP contribution in [0.4, 0.5) is 18.9 Å². The Morgan fingerprint density at radius 2 is 1.68 bits per heavy atom. The second-order valence-corrected chi connectivity index (χ2v) is 6.21. The quantitative estimate of drug-likeness (QED) is 0.767. The molecule has 7 heteroatoms. The summed E-state index contributed by atoms with van der Waals surface area (Å²) >= 11 is 1.29. The van der Waals surface area contributed by atoms with Gasteiger partial charge in [-0.2, -0.15) is 13.2 Å². The van der Waals surface area contributed by atoms with Crippen molar-refractivity contribution < 1.29 is 18.0 Å². The number of thioether (sulfide) groups is 2. The van der Waals surface area contributed by atoms with Crippen molar-refractivity contribution in [3.05, 3.63) is 54.1 Å². The van der Waals surface area contributed by atoms with Crippen molar-refractivity contribution in [2.45, 2.75) is 15.3 Å². The number of alkyl halides is 3. The lowest BCUT2D eigenvalue weighted by atomic mass is 10.2. The standard InChI is InChI=1S/C15H12F3NOS2/c1-21-13-5-3-2-4-12(13)19-14(20)10-6-8-11(9-7-10)22-15(16,17)18/h2-9H,1H3,(H,19,20). The van der Waals surface area contributed by atoms with Gasteiger partial charge in [-0.3, -0.25) is 4.79 Å². The molecule has 2 aromatic carbocycles. The molecule has 0 aliphatic rings. The number of hydrogen-bond donors (Lipinski definition) is 1. The minimum absolute atomic E-state index is 0.0496. The summed E-state index contributed by atoms with van der Waals surface area (Å²) in [5, 5.41) is 2.76. The number of benzene rings is 2. The second-order valence-electron chi connectivity index (χ2n) is 4.23. The van der Waals surface area contributed by atoms with Crippen LogP contribution in [0.5, 0.6) is 0 Å². The lowest BCUT2D eigenvalue weighted by Gasteiger charge is -2.10. The summed E-state index contributed by atoms with van der Waals surface area (Å²) in [6.45, 7) is 0. The smallest absolute Gasteiger partial charge is 0.321 e. The van der Waals surface area contributed by atoms with Gasteiger partial charge in [0.15, 0.2) is 0 Å². The lowest BCUT2D eigenvalue weighted by molar-refractivity contribution is -0.0328. The maximum Gasteiger partial charge on any atom is 0.446 e. The van der Waals surface area contributed by atoms with E-state index in [0.717, 1.165) is 4.90 Å². The van der Waals surface area contributed by atoms with Gasteiger partial charge in [0, 0.05) is 15.4 Å². The van der Waals surface area contributed by atoms with Gasteiger partial charge in [0.1, 0.15) is 0 Å². The van der Waals surface area contributed by atoms with E-state index >= 15 is 0 Å². The fourth-order valence-corrected chi connectivity index (χ4v) is 2.84. The average Bonchev–Trinajstić information content (AvgIpc) is 2.47. The van der Waals surface area contributed by atoms with Crippen LogP contribution in [0.2, 0.25) is 0 Å². The van der Waals surface area contributed by atoms with Crippen LogP contribution in [-0.4, -0.2) is 17.7 Å². The van der Waals surface area contributed by atoms with Crippen molar-refractivity contribution in [2.75, 3.05) is 11.6 Å². The van der Waals surface area contributed by atoms with Gasteiger partial charge < -0.3 is 5.32 Å². The van der Waals surface area contributed by atoms with Crippen LogP contribution < -0.4 is 5.32 Å². The van der Waals surface area contributed by atoms with Gasteiger partial charge >= 0.3 is 5.51 Å². The zero-order valence-corrected chi connectivity index (χ0v) is 13.1. The highest BCUT2D eigenvalue weighted by Crippen LogP contribution is 2.36. The Balaban J connectivity index is 2.10. The third-order valence-corrected chi connectivity index (χ3v) is 4.24. The molecule has 0 aliphatic carbocycles. The Morgan fingerprint density at radius 3 is 2.27 bits per heavy atom. The Labute approximate surface area is 134 Å². The Bertz CT molecular complexity index is 657. The van der Waals surface area contributed by atoms with Crippen molar-refractivity contribution in [1.82, 2.24) is 0 Å². The van der Waals surface area contributed by atoms with E-state index in [2.05, 4.69) is 5.32 Å². The molecule has 0 atom stereocenters. The van der Waals surface area contributed by atoms with Crippen LogP contribution in [0.3, 0.4) is 0 Å². The van der Waals surface area contributed by atoms with E-state index in [0.29, 0.717) is 11.3 Å². The highest BCUT2D eigenvalue weighted by Gasteiger charge is 2.29. The Hall–Kier alpha value is -1.60. The van der Waals surface area contributed by atoms with Crippen molar-refractivity contribution in [1.29, 1.82) is 0 Å². The molecule has 0 heterocycles. The SMILES string of the molecule is CSc1ccccc1NC(=O)c1ccc(SC(F)(F)F)cc1. The van der Waals surface area contributed by atoms with Crippen molar-refractivity contribution >= 4 is 35.1 Å². The number of rotatable bonds is 4. The van der Waals surface area contributed by atoms with E-state index < -0.39 is 5.51 Å². The van der Waals surface area contributed by atoms with Crippen molar-refractivity contribution in [2.24, 2.45) is 0 Å². The molecule has 2 aromatic rings. The number of anilines is 1. The molecule has 1 N–H and O–H groups in total. The van der Waals surface area contributed by atoms with Gasteiger partial charge in [0.05, 0.1) is 5.69 Å². The fourth-order valence-electron chi connectivity index (χ4n) is 1.75. The summed E-state index contributed by atoms with van der Waals surface area (Å²) in [6.07, 6.45) is 1.90. The first kappa shape index (κ1) is 16.8. The number of hydrogen-bond acceptors (Lipinski definition) is 3. The first-order valence-corrected chi connectivity index (χ1v) is 8.23. The number of halogens is 3. The third-order valence-electron chi connectivity index (χ3n) is 2.71. The van der Waals surface area contributed by atoms with Gasteiger partial charge in [0.25, 0.3) is 5.91 Å². The van der Waals surface area contributed by atoms with Crippen LogP contribution in [0.25, 0.3) is 0 Å². The van der Waals surface area contributed by atoms with E-state index in [9.17, 15) is 18.0 Å². The zero-order valence-electron chi connectivity index (χ0n) is 11.5. The molecule has 0 bridgehead atoms. The number of nitrogens with one attached hydrogen (secondary N) is 1. The molecule has 0 aromatic heterocycles. The molecule has 116 valence electrons. The largest absolute Gasteiger partial charge is 0.446 e. The molecule has 0 fully saturated rings. The molecule has 2 rings (SSSR count). The highest BCUT2D eigenvalue weighted by molar-refractivity contribution is 8.00. The van der Waals surface area contributed by atoms with Gasteiger partial charge in [-0.1, -0.05) is 12.1 Å². The first-order chi connectivity index (χ1) is 10.4. The fraction of sp³-hybridized carbons (Fsp3) is 0.133. The molecule has 0 saturated carbocycles. The topological polar surface area (TPSA) is 29.1 Å². The minimum atomic E-state index is -4.33. The Kier molecular flexibility index (Phi) is 5.42.